The molecule has 1 N–H and O–H groups in total. The number of methoxy groups -OCH3 is 4. The van der Waals surface area contributed by atoms with E-state index in [1.54, 1.807) is 50.9 Å². The van der Waals surface area contributed by atoms with E-state index in [4.69, 9.17) is 23.7 Å². The fourth-order valence-electron chi connectivity index (χ4n) is 3.73. The van der Waals surface area contributed by atoms with Crippen LogP contribution >= 0.6 is 23.5 Å². The third kappa shape index (κ3) is 6.07. The van der Waals surface area contributed by atoms with Crippen LogP contribution in [0.1, 0.15) is 34.3 Å². The summed E-state index contributed by atoms with van der Waals surface area (Å²) < 4.78 is 53.7. The van der Waals surface area contributed by atoms with E-state index in [2.05, 4.69) is 0 Å². The van der Waals surface area contributed by atoms with Gasteiger partial charge in [-0.2, -0.15) is 0 Å². The van der Waals surface area contributed by atoms with Crippen molar-refractivity contribution in [1.82, 2.24) is 0 Å². The first-order chi connectivity index (χ1) is 16.8. The van der Waals surface area contributed by atoms with Gasteiger partial charge in [0, 0.05) is 11.0 Å². The number of benzene rings is 2. The normalized spacial score (nSPS) is 17.8. The molecule has 1 heterocycles. The van der Waals surface area contributed by atoms with E-state index in [9.17, 15) is 13.5 Å². The number of hydrogen-bond donors (Lipinski definition) is 1. The highest BCUT2D eigenvalue weighted by atomic mass is 32.2. The second-order valence-corrected chi connectivity index (χ2v) is 12.5. The average Bonchev–Trinajstić information content (AvgIpc) is 3.36. The zero-order valence-corrected chi connectivity index (χ0v) is 23.0. The van der Waals surface area contributed by atoms with E-state index in [0.29, 0.717) is 29.6 Å². The van der Waals surface area contributed by atoms with Crippen molar-refractivity contribution in [2.75, 3.05) is 53.2 Å². The van der Waals surface area contributed by atoms with Crippen LogP contribution in [0.25, 0.3) is 0 Å². The molecule has 0 aromatic heterocycles. The number of thioether (sulfide) groups is 2. The van der Waals surface area contributed by atoms with Gasteiger partial charge in [0.05, 0.1) is 52.0 Å². The van der Waals surface area contributed by atoms with Gasteiger partial charge in [-0.1, -0.05) is 6.92 Å². The van der Waals surface area contributed by atoms with Crippen molar-refractivity contribution in [3.63, 3.8) is 0 Å². The molecule has 0 bridgehead atoms. The van der Waals surface area contributed by atoms with Crippen molar-refractivity contribution in [3.8, 4) is 28.7 Å². The number of rotatable bonds is 12. The quantitative estimate of drug-likeness (QED) is 0.411. The molecule has 1 fully saturated rings. The minimum Gasteiger partial charge on any atom is -0.493 e. The van der Waals surface area contributed by atoms with E-state index in [0.717, 1.165) is 23.3 Å². The van der Waals surface area contributed by atoms with E-state index in [1.165, 1.54) is 7.11 Å². The van der Waals surface area contributed by atoms with Gasteiger partial charge < -0.3 is 28.8 Å². The molecule has 0 amide bonds. The summed E-state index contributed by atoms with van der Waals surface area (Å²) in [7, 11) is 2.47. The maximum atomic E-state index is 13.0. The molecule has 2 aromatic rings. The molecule has 0 radical (unpaired) electrons. The van der Waals surface area contributed by atoms with Crippen molar-refractivity contribution in [2.45, 2.75) is 28.1 Å². The van der Waals surface area contributed by atoms with E-state index >= 15 is 0 Å². The summed E-state index contributed by atoms with van der Waals surface area (Å²) in [4.78, 5) is 0.0479. The van der Waals surface area contributed by atoms with Gasteiger partial charge in [-0.05, 0) is 41.8 Å². The average molecular weight is 545 g/mol. The summed E-state index contributed by atoms with van der Waals surface area (Å²) in [6.45, 7) is 1.82. The Balaban J connectivity index is 1.98. The molecule has 2 unspecified atom stereocenters. The van der Waals surface area contributed by atoms with Crippen LogP contribution in [-0.4, -0.2) is 66.7 Å². The van der Waals surface area contributed by atoms with Crippen molar-refractivity contribution < 1.29 is 37.2 Å². The Morgan fingerprint density at radius 2 is 1.51 bits per heavy atom. The van der Waals surface area contributed by atoms with Gasteiger partial charge >= 0.3 is 0 Å². The number of ether oxygens (including phenoxy) is 5. The zero-order valence-electron chi connectivity index (χ0n) is 20.5. The highest BCUT2D eigenvalue weighted by molar-refractivity contribution is 8.19. The molecule has 1 saturated heterocycles. The molecule has 35 heavy (non-hydrogen) atoms. The second kappa shape index (κ2) is 12.3. The summed E-state index contributed by atoms with van der Waals surface area (Å²) in [5.41, 5.74) is 1.84. The summed E-state index contributed by atoms with van der Waals surface area (Å²) >= 11 is 3.44. The molecule has 0 spiro atoms. The highest BCUT2D eigenvalue weighted by Gasteiger charge is 2.33. The van der Waals surface area contributed by atoms with Crippen molar-refractivity contribution in [3.05, 3.63) is 35.4 Å². The van der Waals surface area contributed by atoms with Crippen LogP contribution in [0.15, 0.2) is 29.2 Å². The van der Waals surface area contributed by atoms with Gasteiger partial charge in [-0.3, -0.25) is 0 Å². The Bertz CT molecular complexity index is 1090. The minimum atomic E-state index is -3.77. The summed E-state index contributed by atoms with van der Waals surface area (Å²) in [6, 6.07) is 7.38. The summed E-state index contributed by atoms with van der Waals surface area (Å²) in [6.07, 6.45) is 0.717. The zero-order chi connectivity index (χ0) is 25.6. The van der Waals surface area contributed by atoms with Crippen LogP contribution < -0.4 is 23.7 Å². The smallest absolute Gasteiger partial charge is 0.203 e. The van der Waals surface area contributed by atoms with Gasteiger partial charge in [0.1, 0.15) is 4.90 Å². The van der Waals surface area contributed by atoms with Crippen LogP contribution in [0.3, 0.4) is 0 Å². The molecule has 2 aromatic carbocycles. The number of aliphatic hydroxyl groups is 1. The molecular weight excluding hydrogens is 512 g/mol. The fourth-order valence-corrected chi connectivity index (χ4v) is 8.21. The first kappa shape index (κ1) is 27.6. The van der Waals surface area contributed by atoms with Gasteiger partial charge in [0.25, 0.3) is 0 Å². The Morgan fingerprint density at radius 1 is 0.914 bits per heavy atom. The standard InChI is InChI=1S/C24H32O8S3/c1-6-8-32-23-19(30-4)12-16(13-21(23)35(26,27)9-7-25)24-33-14-20(34-24)15-10-17(28-2)22(31-5)18(11-15)29-3/h10-13,20,24-25H,6-9,14H2,1-5H3. The molecular formula is C24H32O8S3. The Hall–Kier alpha value is -1.95. The molecule has 3 rings (SSSR count). The van der Waals surface area contributed by atoms with Gasteiger partial charge in [-0.25, -0.2) is 8.42 Å². The highest BCUT2D eigenvalue weighted by Crippen LogP contribution is 2.58. The third-order valence-electron chi connectivity index (χ3n) is 5.43. The number of sulfone groups is 1. The molecule has 2 atom stereocenters. The number of hydrogen-bond acceptors (Lipinski definition) is 10. The SMILES string of the molecule is CCCOc1c(OC)cc(C2SCC(c3cc(OC)c(OC)c(OC)c3)S2)cc1S(=O)(=O)CCO. The van der Waals surface area contributed by atoms with Gasteiger partial charge in [0.15, 0.2) is 32.8 Å². The van der Waals surface area contributed by atoms with Crippen LogP contribution in [0, 0.1) is 0 Å². The molecule has 11 heteroatoms. The Morgan fingerprint density at radius 3 is 2.06 bits per heavy atom. The largest absolute Gasteiger partial charge is 0.493 e. The lowest BCUT2D eigenvalue weighted by Crippen LogP contribution is -2.13. The molecule has 8 nitrogen and oxygen atoms in total. The lowest BCUT2D eigenvalue weighted by molar-refractivity contribution is 0.285. The molecule has 0 aliphatic carbocycles. The van der Waals surface area contributed by atoms with E-state index in [-0.39, 0.29) is 26.2 Å². The maximum absolute atomic E-state index is 13.0. The van der Waals surface area contributed by atoms with Crippen LogP contribution in [-0.2, 0) is 9.84 Å². The number of aliphatic hydroxyl groups excluding tert-OH is 1. The third-order valence-corrected chi connectivity index (χ3v) is 10.5. The second-order valence-electron chi connectivity index (χ2n) is 7.69. The molecule has 1 aliphatic heterocycles. The fraction of sp³-hybridized carbons (Fsp3) is 0.500. The lowest BCUT2D eigenvalue weighted by atomic mass is 10.1. The first-order valence-electron chi connectivity index (χ1n) is 11.1. The van der Waals surface area contributed by atoms with E-state index < -0.39 is 16.4 Å². The maximum Gasteiger partial charge on any atom is 0.203 e. The van der Waals surface area contributed by atoms with Crippen LogP contribution in [0.4, 0.5) is 0 Å². The summed E-state index contributed by atoms with van der Waals surface area (Å²) in [5, 5.41) is 9.46. The predicted octanol–water partition coefficient (Wildman–Crippen LogP) is 4.50. The van der Waals surface area contributed by atoms with Gasteiger partial charge in [-0.15, -0.1) is 23.5 Å². The molecule has 194 valence electrons. The lowest BCUT2D eigenvalue weighted by Gasteiger charge is -2.19. The predicted molar refractivity (Wildman–Crippen MR) is 140 cm³/mol. The molecule has 1 aliphatic rings. The monoisotopic (exact) mass is 544 g/mol. The topological polar surface area (TPSA) is 101 Å². The Labute approximate surface area is 215 Å². The van der Waals surface area contributed by atoms with Crippen LogP contribution in [0.2, 0.25) is 0 Å². The minimum absolute atomic E-state index is 0.0312. The Kier molecular flexibility index (Phi) is 9.74. The van der Waals surface area contributed by atoms with Crippen molar-refractivity contribution in [2.24, 2.45) is 0 Å². The van der Waals surface area contributed by atoms with Crippen molar-refractivity contribution in [1.29, 1.82) is 0 Å². The summed E-state index contributed by atoms with van der Waals surface area (Å²) in [5.74, 6) is 2.70. The van der Waals surface area contributed by atoms with Crippen LogP contribution in [0.5, 0.6) is 28.7 Å². The van der Waals surface area contributed by atoms with Gasteiger partial charge in [0.2, 0.25) is 5.75 Å². The van der Waals surface area contributed by atoms with E-state index in [1.807, 2.05) is 25.1 Å². The molecule has 0 saturated carbocycles. The first-order valence-corrected chi connectivity index (χ1v) is 14.7. The van der Waals surface area contributed by atoms with Crippen molar-refractivity contribution >= 4 is 33.4 Å².